The predicted molar refractivity (Wildman–Crippen MR) is 82.7 cm³/mol. The Hall–Kier alpha value is -0.610. The molecule has 0 radical (unpaired) electrons. The molecule has 0 saturated carbocycles. The number of methoxy groups -OCH3 is 1. The molecule has 1 fully saturated rings. The van der Waals surface area contributed by atoms with E-state index < -0.39 is 0 Å². The quantitative estimate of drug-likeness (QED) is 0.786. The van der Waals surface area contributed by atoms with Gasteiger partial charge in [0, 0.05) is 25.5 Å². The zero-order valence-corrected chi connectivity index (χ0v) is 13.8. The topological polar surface area (TPSA) is 50.4 Å². The molecule has 0 aromatic carbocycles. The summed E-state index contributed by atoms with van der Waals surface area (Å²) in [4.78, 5) is 12.1. The van der Waals surface area contributed by atoms with Crippen LogP contribution in [0.1, 0.15) is 47.0 Å². The molecule has 4 heteroatoms. The van der Waals surface area contributed by atoms with E-state index >= 15 is 0 Å². The molecule has 1 aliphatic heterocycles. The Morgan fingerprint density at radius 2 is 1.95 bits per heavy atom. The van der Waals surface area contributed by atoms with E-state index in [1.54, 1.807) is 7.11 Å². The van der Waals surface area contributed by atoms with E-state index in [9.17, 15) is 4.79 Å². The molecule has 0 aliphatic carbocycles. The van der Waals surface area contributed by atoms with Crippen molar-refractivity contribution in [3.63, 3.8) is 0 Å². The highest BCUT2D eigenvalue weighted by Crippen LogP contribution is 2.30. The molecule has 2 N–H and O–H groups in total. The van der Waals surface area contributed by atoms with Crippen molar-refractivity contribution in [1.29, 1.82) is 0 Å². The molecule has 0 aromatic heterocycles. The largest absolute Gasteiger partial charge is 0.384 e. The molecule has 1 saturated heterocycles. The average molecular weight is 284 g/mol. The van der Waals surface area contributed by atoms with Gasteiger partial charge in [0.05, 0.1) is 6.61 Å². The Labute approximate surface area is 124 Å². The molecule has 1 rings (SSSR count). The minimum Gasteiger partial charge on any atom is -0.384 e. The van der Waals surface area contributed by atoms with Gasteiger partial charge in [-0.2, -0.15) is 0 Å². The van der Waals surface area contributed by atoms with Crippen molar-refractivity contribution in [2.75, 3.05) is 33.4 Å². The van der Waals surface area contributed by atoms with Gasteiger partial charge >= 0.3 is 0 Å². The van der Waals surface area contributed by atoms with Gasteiger partial charge in [-0.25, -0.2) is 0 Å². The third-order valence-electron chi connectivity index (χ3n) is 4.75. The summed E-state index contributed by atoms with van der Waals surface area (Å²) >= 11 is 0. The fourth-order valence-electron chi connectivity index (χ4n) is 2.58. The van der Waals surface area contributed by atoms with E-state index in [1.165, 1.54) is 0 Å². The van der Waals surface area contributed by atoms with E-state index in [0.717, 1.165) is 39.1 Å². The van der Waals surface area contributed by atoms with E-state index in [0.29, 0.717) is 12.3 Å². The third kappa shape index (κ3) is 5.41. The third-order valence-corrected chi connectivity index (χ3v) is 4.75. The van der Waals surface area contributed by atoms with Crippen LogP contribution in [0, 0.1) is 16.7 Å². The number of amides is 1. The SMILES string of the molecule is COCC1(CNC(=O)CC(C)C(C)(C)C)CCNCC1. The monoisotopic (exact) mass is 284 g/mol. The summed E-state index contributed by atoms with van der Waals surface area (Å²) in [6.07, 6.45) is 2.73. The van der Waals surface area contributed by atoms with Gasteiger partial charge in [-0.3, -0.25) is 4.79 Å². The normalized spacial score (nSPS) is 20.4. The highest BCUT2D eigenvalue weighted by atomic mass is 16.5. The lowest BCUT2D eigenvalue weighted by Gasteiger charge is -2.37. The van der Waals surface area contributed by atoms with E-state index in [2.05, 4.69) is 38.3 Å². The molecule has 1 atom stereocenters. The fraction of sp³-hybridized carbons (Fsp3) is 0.938. The van der Waals surface area contributed by atoms with Crippen molar-refractivity contribution in [2.45, 2.75) is 47.0 Å². The lowest BCUT2D eigenvalue weighted by Crippen LogP contribution is -2.47. The Morgan fingerprint density at radius 1 is 1.35 bits per heavy atom. The van der Waals surface area contributed by atoms with Crippen LogP contribution in [-0.2, 0) is 9.53 Å². The van der Waals surface area contributed by atoms with Gasteiger partial charge in [0.15, 0.2) is 0 Å². The second kappa shape index (κ2) is 7.41. The Kier molecular flexibility index (Phi) is 6.46. The summed E-state index contributed by atoms with van der Waals surface area (Å²) in [5.74, 6) is 0.551. The minimum atomic E-state index is 0.112. The molecule has 1 aliphatic rings. The maximum atomic E-state index is 12.1. The van der Waals surface area contributed by atoms with Crippen molar-refractivity contribution < 1.29 is 9.53 Å². The second-order valence-corrected chi connectivity index (χ2v) is 7.43. The summed E-state index contributed by atoms with van der Waals surface area (Å²) in [5.41, 5.74) is 0.289. The molecular weight excluding hydrogens is 252 g/mol. The standard InChI is InChI=1S/C16H32N2O2/c1-13(15(2,3)4)10-14(19)18-11-16(12-20-5)6-8-17-9-7-16/h13,17H,6-12H2,1-5H3,(H,18,19). The van der Waals surface area contributed by atoms with Crippen molar-refractivity contribution in [1.82, 2.24) is 10.6 Å². The lowest BCUT2D eigenvalue weighted by atomic mass is 9.78. The maximum Gasteiger partial charge on any atom is 0.220 e. The van der Waals surface area contributed by atoms with Crippen LogP contribution in [0.25, 0.3) is 0 Å². The second-order valence-electron chi connectivity index (χ2n) is 7.43. The van der Waals surface area contributed by atoms with Crippen LogP contribution >= 0.6 is 0 Å². The zero-order valence-electron chi connectivity index (χ0n) is 13.8. The smallest absolute Gasteiger partial charge is 0.220 e. The van der Waals surface area contributed by atoms with Gasteiger partial charge in [-0.15, -0.1) is 0 Å². The summed E-state index contributed by atoms with van der Waals surface area (Å²) in [6, 6.07) is 0. The van der Waals surface area contributed by atoms with E-state index in [-0.39, 0.29) is 16.7 Å². The first-order valence-corrected chi connectivity index (χ1v) is 7.75. The molecule has 1 heterocycles. The van der Waals surface area contributed by atoms with Crippen molar-refractivity contribution in [3.05, 3.63) is 0 Å². The molecule has 4 nitrogen and oxygen atoms in total. The lowest BCUT2D eigenvalue weighted by molar-refractivity contribution is -0.123. The van der Waals surface area contributed by atoms with E-state index in [1.807, 2.05) is 0 Å². The number of rotatable bonds is 6. The van der Waals surface area contributed by atoms with Crippen LogP contribution in [0.15, 0.2) is 0 Å². The first kappa shape index (κ1) is 17.4. The van der Waals surface area contributed by atoms with Crippen LogP contribution in [0.2, 0.25) is 0 Å². The van der Waals surface area contributed by atoms with Gasteiger partial charge in [0.2, 0.25) is 5.91 Å². The zero-order chi connectivity index (χ0) is 15.2. The summed E-state index contributed by atoms with van der Waals surface area (Å²) < 4.78 is 5.37. The average Bonchev–Trinajstić information content (AvgIpc) is 2.37. The van der Waals surface area contributed by atoms with Crippen LogP contribution in [-0.4, -0.2) is 39.3 Å². The van der Waals surface area contributed by atoms with Crippen LogP contribution < -0.4 is 10.6 Å². The Balaban J connectivity index is 2.45. The fourth-order valence-corrected chi connectivity index (χ4v) is 2.58. The van der Waals surface area contributed by atoms with Crippen molar-refractivity contribution in [2.24, 2.45) is 16.7 Å². The Bertz CT molecular complexity index is 299. The van der Waals surface area contributed by atoms with Crippen LogP contribution in [0.5, 0.6) is 0 Å². The van der Waals surface area contributed by atoms with Crippen LogP contribution in [0.4, 0.5) is 0 Å². The molecular formula is C16H32N2O2. The number of nitrogens with one attached hydrogen (secondary N) is 2. The molecule has 0 aromatic rings. The van der Waals surface area contributed by atoms with Gasteiger partial charge in [-0.05, 0) is 37.3 Å². The number of carbonyl (C=O) groups is 1. The number of carbonyl (C=O) groups excluding carboxylic acids is 1. The molecule has 0 bridgehead atoms. The first-order chi connectivity index (χ1) is 9.29. The summed E-state index contributed by atoms with van der Waals surface area (Å²) in [7, 11) is 1.74. The number of hydrogen-bond donors (Lipinski definition) is 2. The van der Waals surface area contributed by atoms with Crippen molar-refractivity contribution in [3.8, 4) is 0 Å². The van der Waals surface area contributed by atoms with E-state index in [4.69, 9.17) is 4.74 Å². The number of piperidine rings is 1. The van der Waals surface area contributed by atoms with Gasteiger partial charge in [0.1, 0.15) is 0 Å². The first-order valence-electron chi connectivity index (χ1n) is 7.75. The molecule has 0 spiro atoms. The molecule has 1 amide bonds. The number of hydrogen-bond acceptors (Lipinski definition) is 3. The van der Waals surface area contributed by atoms with Crippen LogP contribution in [0.3, 0.4) is 0 Å². The predicted octanol–water partition coefficient (Wildman–Crippen LogP) is 2.19. The van der Waals surface area contributed by atoms with Gasteiger partial charge in [-0.1, -0.05) is 27.7 Å². The highest BCUT2D eigenvalue weighted by Gasteiger charge is 2.33. The molecule has 20 heavy (non-hydrogen) atoms. The molecule has 118 valence electrons. The Morgan fingerprint density at radius 3 is 2.45 bits per heavy atom. The minimum absolute atomic E-state index is 0.112. The summed E-state index contributed by atoms with van der Waals surface area (Å²) in [6.45, 7) is 12.2. The molecule has 1 unspecified atom stereocenters. The highest BCUT2D eigenvalue weighted by molar-refractivity contribution is 5.76. The number of ether oxygens (including phenoxy) is 1. The summed E-state index contributed by atoms with van der Waals surface area (Å²) in [5, 5.41) is 6.50. The van der Waals surface area contributed by atoms with Gasteiger partial charge < -0.3 is 15.4 Å². The van der Waals surface area contributed by atoms with Gasteiger partial charge in [0.25, 0.3) is 0 Å². The maximum absolute atomic E-state index is 12.1. The van der Waals surface area contributed by atoms with Crippen molar-refractivity contribution >= 4 is 5.91 Å².